The van der Waals surface area contributed by atoms with Crippen molar-refractivity contribution in [2.75, 3.05) is 18.9 Å². The number of aromatic nitrogens is 3. The molecule has 0 bridgehead atoms. The van der Waals surface area contributed by atoms with Crippen LogP contribution in [0.3, 0.4) is 0 Å². The maximum absolute atomic E-state index is 13.9. The van der Waals surface area contributed by atoms with E-state index in [-0.39, 0.29) is 41.3 Å². The number of carbonyl (C=O) groups excluding carboxylic acids is 1. The lowest BCUT2D eigenvalue weighted by atomic mass is 10.1. The zero-order valence-electron chi connectivity index (χ0n) is 21.9. The van der Waals surface area contributed by atoms with Crippen molar-refractivity contribution in [2.45, 2.75) is 30.1 Å². The third-order valence-electron chi connectivity index (χ3n) is 6.16. The van der Waals surface area contributed by atoms with Crippen molar-refractivity contribution in [1.82, 2.24) is 19.6 Å². The van der Waals surface area contributed by atoms with Gasteiger partial charge in [0, 0.05) is 10.6 Å². The Morgan fingerprint density at radius 3 is 2.81 bits per heavy atom. The van der Waals surface area contributed by atoms with E-state index in [0.29, 0.717) is 18.2 Å². The first kappa shape index (κ1) is 29.3. The molecule has 3 atom stereocenters. The largest absolute Gasteiger partial charge is 0.459 e. The molecular formula is C25H25N6O9PS. The molecule has 3 heterocycles. The van der Waals surface area contributed by atoms with E-state index in [9.17, 15) is 24.3 Å². The number of nitro groups is 1. The summed E-state index contributed by atoms with van der Waals surface area (Å²) in [4.78, 5) is 42.3. The second kappa shape index (κ2) is 12.7. The van der Waals surface area contributed by atoms with Gasteiger partial charge in [-0.1, -0.05) is 36.4 Å². The fraction of sp³-hybridized carbons (Fsp3) is 0.280. The molecule has 0 radical (unpaired) electrons. The molecule has 2 aromatic heterocycles. The fourth-order valence-corrected chi connectivity index (χ4v) is 7.00. The van der Waals surface area contributed by atoms with Crippen LogP contribution in [0, 0.1) is 10.1 Å². The van der Waals surface area contributed by atoms with Gasteiger partial charge in [0.1, 0.15) is 35.9 Å². The Hall–Kier alpha value is -4.24. The molecule has 17 heteroatoms. The summed E-state index contributed by atoms with van der Waals surface area (Å²) in [7, 11) is -4.15. The average Bonchev–Trinajstić information content (AvgIpc) is 3.65. The molecule has 0 saturated carbocycles. The van der Waals surface area contributed by atoms with Gasteiger partial charge >= 0.3 is 25.3 Å². The van der Waals surface area contributed by atoms with Crippen LogP contribution in [-0.4, -0.2) is 43.8 Å². The van der Waals surface area contributed by atoms with E-state index in [1.165, 1.54) is 28.7 Å². The normalized spacial score (nSPS) is 18.0. The molecule has 1 unspecified atom stereocenters. The molecule has 15 nitrogen and oxygen atoms in total. The van der Waals surface area contributed by atoms with Crippen LogP contribution in [0.4, 0.5) is 11.8 Å². The van der Waals surface area contributed by atoms with Gasteiger partial charge in [-0.25, -0.2) is 19.4 Å². The zero-order chi connectivity index (χ0) is 29.7. The average molecular weight is 617 g/mol. The number of nitrogens with zero attached hydrogens (tertiary/aromatic N) is 4. The Kier molecular flexibility index (Phi) is 8.87. The predicted octanol–water partition coefficient (Wildman–Crippen LogP) is 3.81. The number of nitrogen functional groups attached to an aromatic ring is 1. The quantitative estimate of drug-likeness (QED) is 0.101. The molecule has 1 aliphatic rings. The first-order valence-electron chi connectivity index (χ1n) is 12.6. The van der Waals surface area contributed by atoms with Crippen LogP contribution in [0.15, 0.2) is 70.1 Å². The first-order chi connectivity index (χ1) is 20.2. The summed E-state index contributed by atoms with van der Waals surface area (Å²) in [6.07, 6.45) is 2.59. The van der Waals surface area contributed by atoms with Crippen molar-refractivity contribution in [3.05, 3.63) is 87.3 Å². The lowest BCUT2D eigenvalue weighted by Gasteiger charge is -2.22. The molecule has 2 aromatic carbocycles. The topological polar surface area (TPSA) is 204 Å². The highest BCUT2D eigenvalue weighted by molar-refractivity contribution is 8.00. The second-order valence-corrected chi connectivity index (χ2v) is 12.3. The van der Waals surface area contributed by atoms with Crippen molar-refractivity contribution >= 4 is 48.1 Å². The molecule has 1 fully saturated rings. The number of rotatable bonds is 12. The maximum Gasteiger partial charge on any atom is 0.459 e. The van der Waals surface area contributed by atoms with Gasteiger partial charge in [0.2, 0.25) is 5.95 Å². The molecule has 220 valence electrons. The predicted molar refractivity (Wildman–Crippen MR) is 152 cm³/mol. The van der Waals surface area contributed by atoms with Gasteiger partial charge < -0.3 is 19.4 Å². The summed E-state index contributed by atoms with van der Waals surface area (Å²) >= 11 is 1.43. The second-order valence-electron chi connectivity index (χ2n) is 9.05. The van der Waals surface area contributed by atoms with E-state index in [0.717, 1.165) is 11.5 Å². The highest BCUT2D eigenvalue weighted by Crippen LogP contribution is 2.48. The van der Waals surface area contributed by atoms with E-state index >= 15 is 0 Å². The molecule has 0 amide bonds. The van der Waals surface area contributed by atoms with Gasteiger partial charge in [-0.2, -0.15) is 4.98 Å². The third-order valence-corrected chi connectivity index (χ3v) is 9.16. The minimum Gasteiger partial charge on any atom is -0.457 e. The molecule has 1 aliphatic heterocycles. The number of fused-ring (bicyclic) bond motifs is 1. The minimum absolute atomic E-state index is 0.0219. The van der Waals surface area contributed by atoms with Crippen LogP contribution in [0.1, 0.15) is 24.0 Å². The number of ether oxygens (including phenoxy) is 1. The first-order valence-corrected chi connectivity index (χ1v) is 15.1. The van der Waals surface area contributed by atoms with E-state index in [4.69, 9.17) is 23.9 Å². The van der Waals surface area contributed by atoms with Crippen molar-refractivity contribution < 1.29 is 32.5 Å². The zero-order valence-corrected chi connectivity index (χ0v) is 23.6. The van der Waals surface area contributed by atoms with Crippen LogP contribution < -0.4 is 21.0 Å². The molecule has 1 saturated heterocycles. The number of furan rings is 1. The Labute approximate surface area is 242 Å². The van der Waals surface area contributed by atoms with Gasteiger partial charge in [0.05, 0.1) is 18.0 Å². The Balaban J connectivity index is 1.25. The Morgan fingerprint density at radius 2 is 2.02 bits per heavy atom. The van der Waals surface area contributed by atoms with Crippen molar-refractivity contribution in [3.63, 3.8) is 0 Å². The van der Waals surface area contributed by atoms with Crippen molar-refractivity contribution in [2.24, 2.45) is 0 Å². The standard InChI is InChI=1S/C25H25N6O9PS/c26-24-27-15-30(25(33)29-24)22-11-9-18(42-22)14-38-41(36,40-20-7-3-5-16-4-1-2-6-19(16)20)28-12-23(32)37-13-17-8-10-21(39-17)31(34)35/h1-8,10,15,18,22H,9,11-14H2,(H,28,36)(H2,26,29,33)/t18-,22+,41?/m0/s1. The third kappa shape index (κ3) is 7.15. The smallest absolute Gasteiger partial charge is 0.457 e. The van der Waals surface area contributed by atoms with Crippen LogP contribution in [0.25, 0.3) is 10.8 Å². The van der Waals surface area contributed by atoms with E-state index < -0.39 is 36.8 Å². The lowest BCUT2D eigenvalue weighted by Crippen LogP contribution is -2.27. The number of thioether (sulfide) groups is 1. The SMILES string of the molecule is Nc1ncn([C@H]2CC[C@@H](COP(=O)(NCC(=O)OCc3ccc([N+](=O)[O-])o3)Oc3cccc4ccccc34)S2)c(=O)n1. The number of hydrogen-bond acceptors (Lipinski definition) is 13. The molecule has 3 N–H and O–H groups in total. The number of nitrogens with two attached hydrogens (primary N) is 1. The minimum atomic E-state index is -4.15. The maximum atomic E-state index is 13.9. The highest BCUT2D eigenvalue weighted by atomic mass is 32.2. The molecule has 0 spiro atoms. The van der Waals surface area contributed by atoms with Gasteiger partial charge in [-0.15, -0.1) is 11.8 Å². The van der Waals surface area contributed by atoms with Gasteiger partial charge in [0.25, 0.3) is 0 Å². The number of benzene rings is 2. The highest BCUT2D eigenvalue weighted by Gasteiger charge is 2.34. The summed E-state index contributed by atoms with van der Waals surface area (Å²) in [6.45, 7) is -0.937. The fourth-order valence-electron chi connectivity index (χ4n) is 4.16. The monoisotopic (exact) mass is 616 g/mol. The van der Waals surface area contributed by atoms with Crippen LogP contribution in [0.5, 0.6) is 5.75 Å². The Morgan fingerprint density at radius 1 is 1.21 bits per heavy atom. The summed E-state index contributed by atoms with van der Waals surface area (Å²) in [5, 5.41) is 14.4. The van der Waals surface area contributed by atoms with Gasteiger partial charge in [0.15, 0.2) is 0 Å². The molecule has 4 aromatic rings. The van der Waals surface area contributed by atoms with E-state index in [1.807, 2.05) is 24.3 Å². The number of esters is 1. The lowest BCUT2D eigenvalue weighted by molar-refractivity contribution is -0.402. The molecule has 0 aliphatic carbocycles. The number of nitrogens with one attached hydrogen (secondary N) is 1. The van der Waals surface area contributed by atoms with Crippen LogP contribution >= 0.6 is 19.5 Å². The number of anilines is 1. The summed E-state index contributed by atoms with van der Waals surface area (Å²) in [6, 6.07) is 15.0. The number of carbonyl (C=O) groups is 1. The Bertz CT molecular complexity index is 1710. The summed E-state index contributed by atoms with van der Waals surface area (Å²) in [5.74, 6) is -1.07. The van der Waals surface area contributed by atoms with E-state index in [1.54, 1.807) is 18.2 Å². The van der Waals surface area contributed by atoms with E-state index in [2.05, 4.69) is 15.1 Å². The van der Waals surface area contributed by atoms with Gasteiger partial charge in [-0.05, 0) is 30.4 Å². The van der Waals surface area contributed by atoms with Gasteiger partial charge in [-0.3, -0.25) is 24.0 Å². The van der Waals surface area contributed by atoms with Crippen molar-refractivity contribution in [3.8, 4) is 5.75 Å². The molecule has 5 rings (SSSR count). The molecule has 42 heavy (non-hydrogen) atoms. The summed E-state index contributed by atoms with van der Waals surface area (Å²) < 4.78 is 37.1. The van der Waals surface area contributed by atoms with Crippen LogP contribution in [-0.2, 0) is 25.2 Å². The number of hydrogen-bond donors (Lipinski definition) is 2. The summed E-state index contributed by atoms with van der Waals surface area (Å²) in [5.41, 5.74) is 4.96. The molecular weight excluding hydrogens is 591 g/mol. The van der Waals surface area contributed by atoms with Crippen molar-refractivity contribution in [1.29, 1.82) is 0 Å². The van der Waals surface area contributed by atoms with Crippen LogP contribution in [0.2, 0.25) is 0 Å².